The Kier molecular flexibility index (Phi) is 9.80. The van der Waals surface area contributed by atoms with Crippen molar-refractivity contribution in [2.75, 3.05) is 0 Å². The maximum absolute atomic E-state index is 12.8. The lowest BCUT2D eigenvalue weighted by atomic mass is 9.89. The topological polar surface area (TPSA) is 80.4 Å². The largest absolute Gasteiger partial charge is 0.454 e. The molecule has 0 aliphatic heterocycles. The van der Waals surface area contributed by atoms with Crippen LogP contribution >= 0.6 is 0 Å². The van der Waals surface area contributed by atoms with Crippen molar-refractivity contribution in [3.63, 3.8) is 0 Å². The van der Waals surface area contributed by atoms with Crippen molar-refractivity contribution in [2.45, 2.75) is 0 Å². The molecule has 18 aromatic rings. The zero-order valence-electron chi connectivity index (χ0n) is 45.5. The molecule has 0 aliphatic rings. The summed E-state index contributed by atoms with van der Waals surface area (Å²) in [6, 6.07) is 99.6. The van der Waals surface area contributed by atoms with Gasteiger partial charge in [-0.1, -0.05) is 212 Å². The van der Waals surface area contributed by atoms with E-state index in [1.165, 1.54) is 5.39 Å². The summed E-state index contributed by atoms with van der Waals surface area (Å²) in [5, 5.41) is 37.9. The maximum atomic E-state index is 12.8. The van der Waals surface area contributed by atoms with Crippen LogP contribution in [0.4, 0.5) is 0 Å². The first-order valence-electron chi connectivity index (χ1n) is 28.6. The summed E-state index contributed by atoms with van der Waals surface area (Å²) in [5.74, 6) is 0. The van der Waals surface area contributed by atoms with Crippen LogP contribution in [0, 0.1) is 22.7 Å². The number of rotatable bonds is 6. The Labute approximate surface area is 485 Å². The van der Waals surface area contributed by atoms with Gasteiger partial charge < -0.3 is 22.7 Å². The number of fused-ring (bicyclic) bond motifs is 17. The molecule has 0 atom stereocenters. The van der Waals surface area contributed by atoms with Gasteiger partial charge in [0.1, 0.15) is 28.8 Å². The van der Waals surface area contributed by atoms with Crippen molar-refractivity contribution < 1.29 is 4.42 Å². The number of aromatic nitrogens is 4. The Morgan fingerprint density at radius 2 is 0.624 bits per heavy atom. The van der Waals surface area contributed by atoms with Gasteiger partial charge in [-0.15, -0.1) is 0 Å². The molecule has 5 aromatic heterocycles. The lowest BCUT2D eigenvalue weighted by Crippen LogP contribution is -2.17. The summed E-state index contributed by atoms with van der Waals surface area (Å²) in [4.78, 5) is 0. The molecule has 0 radical (unpaired) electrons. The van der Waals surface area contributed by atoms with E-state index in [-0.39, 0.29) is 0 Å². The molecule has 5 heterocycles. The molecule has 0 N–H and O–H groups in total. The Balaban J connectivity index is 1.14. The maximum Gasteiger partial charge on any atom is 0.160 e. The van der Waals surface area contributed by atoms with Gasteiger partial charge in [-0.2, -0.15) is 10.5 Å². The minimum atomic E-state index is 0.332. The highest BCUT2D eigenvalue weighted by Crippen LogP contribution is 2.52. The van der Waals surface area contributed by atoms with Gasteiger partial charge in [0.15, 0.2) is 5.58 Å². The van der Waals surface area contributed by atoms with Gasteiger partial charge in [-0.25, -0.2) is 0 Å². The number of furan rings is 1. The molecule has 7 nitrogen and oxygen atoms in total. The molecule has 0 saturated heterocycles. The van der Waals surface area contributed by atoms with Crippen molar-refractivity contribution in [2.24, 2.45) is 0 Å². The van der Waals surface area contributed by atoms with Gasteiger partial charge in [0, 0.05) is 53.9 Å². The van der Waals surface area contributed by atoms with Crippen LogP contribution in [0.5, 0.6) is 0 Å². The van der Waals surface area contributed by atoms with Gasteiger partial charge >= 0.3 is 0 Å². The van der Waals surface area contributed by atoms with Crippen molar-refractivity contribution in [1.29, 1.82) is 10.5 Å². The van der Waals surface area contributed by atoms with E-state index in [2.05, 4.69) is 273 Å². The smallest absolute Gasteiger partial charge is 0.160 e. The molecule has 0 amide bonds. The van der Waals surface area contributed by atoms with Gasteiger partial charge in [-0.3, -0.25) is 0 Å². The fraction of sp³-hybridized carbons (Fsp3) is 0. The molecular weight excluding hydrogens is 1040 g/mol. The van der Waals surface area contributed by atoms with Crippen molar-refractivity contribution in [1.82, 2.24) is 18.3 Å². The highest BCUT2D eigenvalue weighted by Gasteiger charge is 2.36. The second-order valence-corrected chi connectivity index (χ2v) is 22.0. The average molecular weight is 1080 g/mol. The number of nitriles is 2. The monoisotopic (exact) mass is 1080 g/mol. The minimum Gasteiger partial charge on any atom is -0.454 e. The fourth-order valence-electron chi connectivity index (χ4n) is 14.5. The van der Waals surface area contributed by atoms with Gasteiger partial charge in [-0.05, 0) is 87.6 Å². The highest BCUT2D eigenvalue weighted by atomic mass is 16.3. The number of nitrogens with zero attached hydrogens (tertiary/aromatic N) is 6. The Morgan fingerprint density at radius 3 is 1.14 bits per heavy atom. The third-order valence-electron chi connectivity index (χ3n) is 17.8. The summed E-state index contributed by atoms with van der Waals surface area (Å²) < 4.78 is 16.4. The first-order valence-corrected chi connectivity index (χ1v) is 28.6. The van der Waals surface area contributed by atoms with Crippen LogP contribution in [0.25, 0.3) is 165 Å². The molecule has 0 saturated carbocycles. The Morgan fingerprint density at radius 1 is 0.259 bits per heavy atom. The van der Waals surface area contributed by atoms with Crippen molar-refractivity contribution >= 4 is 120 Å². The predicted octanol–water partition coefficient (Wildman–Crippen LogP) is 20.2. The van der Waals surface area contributed by atoms with Crippen LogP contribution in [0.1, 0.15) is 11.1 Å². The first kappa shape index (κ1) is 46.8. The van der Waals surface area contributed by atoms with Crippen molar-refractivity contribution in [3.05, 3.63) is 278 Å². The molecular formula is C78H44N6O. The van der Waals surface area contributed by atoms with E-state index in [1.54, 1.807) is 0 Å². The molecule has 13 aromatic carbocycles. The molecule has 0 unspecified atom stereocenters. The Bertz CT molecular complexity index is 5710. The van der Waals surface area contributed by atoms with E-state index < -0.39 is 0 Å². The summed E-state index contributed by atoms with van der Waals surface area (Å²) in [6.07, 6.45) is 0. The third kappa shape index (κ3) is 6.36. The lowest BCUT2D eigenvalue weighted by molar-refractivity contribution is 0.671. The lowest BCUT2D eigenvalue weighted by Gasteiger charge is -2.27. The Hall–Kier alpha value is -11.9. The van der Waals surface area contributed by atoms with E-state index in [0.717, 1.165) is 131 Å². The van der Waals surface area contributed by atoms with Crippen LogP contribution in [-0.2, 0) is 0 Å². The minimum absolute atomic E-state index is 0.332. The number of para-hydroxylation sites is 7. The van der Waals surface area contributed by atoms with E-state index in [0.29, 0.717) is 39.5 Å². The molecule has 18 rings (SSSR count). The van der Waals surface area contributed by atoms with Crippen LogP contribution in [0.3, 0.4) is 0 Å². The average Bonchev–Trinajstić information content (AvgIpc) is 1.63. The van der Waals surface area contributed by atoms with Crippen LogP contribution < -0.4 is 0 Å². The molecule has 392 valence electrons. The van der Waals surface area contributed by atoms with Gasteiger partial charge in [0.25, 0.3) is 0 Å². The quantitative estimate of drug-likeness (QED) is 0.166. The van der Waals surface area contributed by atoms with Crippen molar-refractivity contribution in [3.8, 4) is 57.1 Å². The number of hydrogen-bond donors (Lipinski definition) is 0. The molecule has 0 fully saturated rings. The second kappa shape index (κ2) is 17.8. The molecule has 0 bridgehead atoms. The zero-order valence-corrected chi connectivity index (χ0v) is 45.5. The normalized spacial score (nSPS) is 12.0. The zero-order chi connectivity index (χ0) is 56.0. The van der Waals surface area contributed by atoms with Crippen LogP contribution in [0.2, 0.25) is 0 Å². The summed E-state index contributed by atoms with van der Waals surface area (Å²) in [7, 11) is 0. The molecule has 0 spiro atoms. The second-order valence-electron chi connectivity index (χ2n) is 22.0. The molecule has 7 heteroatoms. The predicted molar refractivity (Wildman–Crippen MR) is 349 cm³/mol. The van der Waals surface area contributed by atoms with E-state index in [4.69, 9.17) is 4.42 Å². The fourth-order valence-corrected chi connectivity index (χ4v) is 14.5. The van der Waals surface area contributed by atoms with Crippen LogP contribution in [-0.4, -0.2) is 18.3 Å². The highest BCUT2D eigenvalue weighted by molar-refractivity contribution is 6.26. The summed E-state index contributed by atoms with van der Waals surface area (Å²) >= 11 is 0. The number of hydrogen-bond acceptors (Lipinski definition) is 3. The SMILES string of the molecule is N#Cc1c(-n2c3ccccc3c3ccccc32)c(C#N)c(-n2c3ccccc3c3ccccc32)c(-n2c3cccc(-c4ccccc4-c4cccc5ccccc45)c3c3ccc4c5ccccc5oc4c32)c1-n1c2ccccc2c2ccccc21. The summed E-state index contributed by atoms with van der Waals surface area (Å²) in [6.45, 7) is 0. The first-order chi connectivity index (χ1) is 42.2. The summed E-state index contributed by atoms with van der Waals surface area (Å²) in [5.41, 5.74) is 15.8. The third-order valence-corrected chi connectivity index (χ3v) is 17.8. The van der Waals surface area contributed by atoms with E-state index in [9.17, 15) is 10.5 Å². The number of benzene rings is 13. The molecule has 0 aliphatic carbocycles. The van der Waals surface area contributed by atoms with Gasteiger partial charge in [0.05, 0.1) is 66.9 Å². The standard InChI is InChI=1S/C78H44N6O/c79-45-62-73(81-64-35-12-5-26-52(64)53-27-6-13-36-65(53)81)63(46-80)75(83-68-39-16-9-30-56(68)57-31-10-17-40-69(57)83)77(74(62)82-66-37-14-7-28-54(66)55-29-8-15-38-67(55)82)84-70-41-20-34-59(51-25-4-3-24-50(51)49-33-19-22-47-21-1-2-23-48(47)49)72(70)61-44-43-60-58-32-11-18-42-71(58)85-78(60)76(61)84/h1-44H. The van der Waals surface area contributed by atoms with Crippen LogP contribution in [0.15, 0.2) is 271 Å². The van der Waals surface area contributed by atoms with E-state index in [1.807, 2.05) is 24.3 Å². The van der Waals surface area contributed by atoms with E-state index >= 15 is 0 Å². The van der Waals surface area contributed by atoms with Gasteiger partial charge in [0.2, 0.25) is 0 Å². The molecule has 85 heavy (non-hydrogen) atoms.